The molecular formula is C20H22N2O4. The van der Waals surface area contributed by atoms with Crippen LogP contribution in [0.5, 0.6) is 11.5 Å². The van der Waals surface area contributed by atoms with Crippen LogP contribution in [0.15, 0.2) is 42.5 Å². The summed E-state index contributed by atoms with van der Waals surface area (Å²) in [4.78, 5) is 24.7. The van der Waals surface area contributed by atoms with Gasteiger partial charge >= 0.3 is 0 Å². The van der Waals surface area contributed by atoms with Crippen molar-refractivity contribution in [1.82, 2.24) is 0 Å². The molecule has 0 heterocycles. The molecule has 2 aromatic carbocycles. The van der Waals surface area contributed by atoms with Gasteiger partial charge in [-0.05, 0) is 42.7 Å². The number of methoxy groups -OCH3 is 2. The molecule has 136 valence electrons. The number of benzene rings is 2. The van der Waals surface area contributed by atoms with Gasteiger partial charge in [0.25, 0.3) is 5.91 Å². The number of carbonyl (C=O) groups excluding carboxylic acids is 2. The van der Waals surface area contributed by atoms with E-state index in [1.165, 1.54) is 7.11 Å². The minimum Gasteiger partial charge on any atom is -0.497 e. The Morgan fingerprint density at radius 1 is 1.04 bits per heavy atom. The van der Waals surface area contributed by atoms with Crippen LogP contribution in [-0.2, 0) is 4.79 Å². The molecule has 6 heteroatoms. The molecule has 1 aliphatic rings. The molecule has 1 aliphatic carbocycles. The smallest absolute Gasteiger partial charge is 0.255 e. The fourth-order valence-electron chi connectivity index (χ4n) is 2.77. The van der Waals surface area contributed by atoms with Crippen molar-refractivity contribution < 1.29 is 19.1 Å². The summed E-state index contributed by atoms with van der Waals surface area (Å²) in [6.45, 7) is 2.05. The van der Waals surface area contributed by atoms with Gasteiger partial charge in [-0.3, -0.25) is 9.59 Å². The summed E-state index contributed by atoms with van der Waals surface area (Å²) in [6, 6.07) is 12.0. The first kappa shape index (κ1) is 17.8. The number of nitrogens with one attached hydrogen (secondary N) is 2. The maximum atomic E-state index is 12.6. The number of hydrogen-bond acceptors (Lipinski definition) is 4. The lowest BCUT2D eigenvalue weighted by Gasteiger charge is -2.12. The third-order valence-electron chi connectivity index (χ3n) is 4.49. The zero-order chi connectivity index (χ0) is 18.7. The molecule has 0 spiro atoms. The van der Waals surface area contributed by atoms with Gasteiger partial charge in [0.2, 0.25) is 5.91 Å². The molecule has 2 unspecified atom stereocenters. The van der Waals surface area contributed by atoms with Gasteiger partial charge in [0.1, 0.15) is 11.5 Å². The molecule has 2 aromatic rings. The van der Waals surface area contributed by atoms with E-state index in [9.17, 15) is 9.59 Å². The Morgan fingerprint density at radius 3 is 2.46 bits per heavy atom. The van der Waals surface area contributed by atoms with Gasteiger partial charge in [-0.15, -0.1) is 0 Å². The predicted molar refractivity (Wildman–Crippen MR) is 99.8 cm³/mol. The van der Waals surface area contributed by atoms with E-state index in [0.717, 1.165) is 6.42 Å². The average molecular weight is 354 g/mol. The highest BCUT2D eigenvalue weighted by Gasteiger charge is 2.39. The topological polar surface area (TPSA) is 76.7 Å². The first-order chi connectivity index (χ1) is 12.5. The number of anilines is 2. The van der Waals surface area contributed by atoms with Crippen molar-refractivity contribution in [1.29, 1.82) is 0 Å². The number of amides is 2. The lowest BCUT2D eigenvalue weighted by molar-refractivity contribution is -0.117. The van der Waals surface area contributed by atoms with Gasteiger partial charge in [-0.1, -0.05) is 13.0 Å². The Labute approximate surface area is 152 Å². The molecule has 2 N–H and O–H groups in total. The van der Waals surface area contributed by atoms with Gasteiger partial charge < -0.3 is 20.1 Å². The van der Waals surface area contributed by atoms with Gasteiger partial charge in [0.15, 0.2) is 0 Å². The zero-order valence-corrected chi connectivity index (χ0v) is 15.0. The molecular weight excluding hydrogens is 332 g/mol. The van der Waals surface area contributed by atoms with E-state index in [-0.39, 0.29) is 17.7 Å². The van der Waals surface area contributed by atoms with Crippen molar-refractivity contribution in [2.75, 3.05) is 24.9 Å². The molecule has 0 radical (unpaired) electrons. The fourth-order valence-corrected chi connectivity index (χ4v) is 2.77. The second kappa shape index (κ2) is 7.47. The number of ether oxygens (including phenoxy) is 2. The largest absolute Gasteiger partial charge is 0.497 e. The van der Waals surface area contributed by atoms with E-state index in [4.69, 9.17) is 9.47 Å². The van der Waals surface area contributed by atoms with E-state index in [1.807, 2.05) is 0 Å². The van der Waals surface area contributed by atoms with Gasteiger partial charge in [0, 0.05) is 23.2 Å². The van der Waals surface area contributed by atoms with Crippen LogP contribution in [0.3, 0.4) is 0 Å². The molecule has 3 rings (SSSR count). The van der Waals surface area contributed by atoms with E-state index in [0.29, 0.717) is 34.4 Å². The van der Waals surface area contributed by atoms with E-state index in [1.54, 1.807) is 49.6 Å². The van der Waals surface area contributed by atoms with Crippen molar-refractivity contribution in [2.24, 2.45) is 11.8 Å². The van der Waals surface area contributed by atoms with Gasteiger partial charge in [0.05, 0.1) is 19.9 Å². The van der Waals surface area contributed by atoms with Gasteiger partial charge in [-0.25, -0.2) is 0 Å². The Bertz CT molecular complexity index is 834. The molecule has 0 bridgehead atoms. The highest BCUT2D eigenvalue weighted by atomic mass is 16.5. The van der Waals surface area contributed by atoms with Crippen molar-refractivity contribution in [2.45, 2.75) is 13.3 Å². The molecule has 1 fully saturated rings. The average Bonchev–Trinajstić information content (AvgIpc) is 3.38. The lowest BCUT2D eigenvalue weighted by atomic mass is 10.1. The SMILES string of the molecule is COc1ccc(OC)c(NC(=O)c2cccc(NC(=O)C3CC3C)c2)c1. The van der Waals surface area contributed by atoms with E-state index >= 15 is 0 Å². The van der Waals surface area contributed by atoms with Crippen LogP contribution in [0.2, 0.25) is 0 Å². The van der Waals surface area contributed by atoms with Crippen LogP contribution in [0, 0.1) is 11.8 Å². The molecule has 0 aliphatic heterocycles. The quantitative estimate of drug-likeness (QED) is 0.832. The summed E-state index contributed by atoms with van der Waals surface area (Å²) in [5.74, 6) is 1.36. The normalized spacial score (nSPS) is 18.0. The fraction of sp³-hybridized carbons (Fsp3) is 0.300. The van der Waals surface area contributed by atoms with Crippen LogP contribution in [0.4, 0.5) is 11.4 Å². The highest BCUT2D eigenvalue weighted by Crippen LogP contribution is 2.38. The molecule has 2 amide bonds. The van der Waals surface area contributed by atoms with Crippen molar-refractivity contribution >= 4 is 23.2 Å². The van der Waals surface area contributed by atoms with E-state index < -0.39 is 0 Å². The maximum Gasteiger partial charge on any atom is 0.255 e. The van der Waals surface area contributed by atoms with Gasteiger partial charge in [-0.2, -0.15) is 0 Å². The molecule has 6 nitrogen and oxygen atoms in total. The van der Waals surface area contributed by atoms with Crippen molar-refractivity contribution in [3.05, 3.63) is 48.0 Å². The number of carbonyl (C=O) groups is 2. The van der Waals surface area contributed by atoms with Crippen LogP contribution in [0.1, 0.15) is 23.7 Å². The molecule has 0 aromatic heterocycles. The summed E-state index contributed by atoms with van der Waals surface area (Å²) < 4.78 is 10.5. The summed E-state index contributed by atoms with van der Waals surface area (Å²) in [6.07, 6.45) is 0.918. The van der Waals surface area contributed by atoms with Crippen LogP contribution >= 0.6 is 0 Å². The standard InChI is InChI=1S/C20H22N2O4/c1-12-9-16(12)20(24)21-14-6-4-5-13(10-14)19(23)22-17-11-15(25-2)7-8-18(17)26-3/h4-8,10-12,16H,9H2,1-3H3,(H,21,24)(H,22,23). The molecule has 1 saturated carbocycles. The predicted octanol–water partition coefficient (Wildman–Crippen LogP) is 3.55. The van der Waals surface area contributed by atoms with E-state index in [2.05, 4.69) is 17.6 Å². The van der Waals surface area contributed by atoms with Crippen LogP contribution in [-0.4, -0.2) is 26.0 Å². The minimum atomic E-state index is -0.299. The first-order valence-electron chi connectivity index (χ1n) is 8.46. The van der Waals surface area contributed by atoms with Crippen molar-refractivity contribution in [3.63, 3.8) is 0 Å². The summed E-state index contributed by atoms with van der Waals surface area (Å²) >= 11 is 0. The zero-order valence-electron chi connectivity index (χ0n) is 15.0. The van der Waals surface area contributed by atoms with Crippen LogP contribution in [0.25, 0.3) is 0 Å². The monoisotopic (exact) mass is 354 g/mol. The second-order valence-corrected chi connectivity index (χ2v) is 6.41. The second-order valence-electron chi connectivity index (χ2n) is 6.41. The third kappa shape index (κ3) is 3.96. The Hall–Kier alpha value is -3.02. The summed E-state index contributed by atoms with van der Waals surface area (Å²) in [7, 11) is 3.09. The lowest BCUT2D eigenvalue weighted by Crippen LogP contribution is -2.16. The third-order valence-corrected chi connectivity index (χ3v) is 4.49. The Kier molecular flexibility index (Phi) is 5.11. The summed E-state index contributed by atoms with van der Waals surface area (Å²) in [5, 5.41) is 5.69. The molecule has 2 atom stereocenters. The summed E-state index contributed by atoms with van der Waals surface area (Å²) in [5.41, 5.74) is 1.56. The maximum absolute atomic E-state index is 12.6. The molecule has 0 saturated heterocycles. The number of rotatable bonds is 6. The Morgan fingerprint density at radius 2 is 1.81 bits per heavy atom. The number of hydrogen-bond donors (Lipinski definition) is 2. The van der Waals surface area contributed by atoms with Crippen LogP contribution < -0.4 is 20.1 Å². The highest BCUT2D eigenvalue weighted by molar-refractivity contribution is 6.06. The first-order valence-corrected chi connectivity index (χ1v) is 8.46. The minimum absolute atomic E-state index is 0.00419. The Balaban J connectivity index is 1.74. The molecule has 26 heavy (non-hydrogen) atoms. The van der Waals surface area contributed by atoms with Crippen molar-refractivity contribution in [3.8, 4) is 11.5 Å².